The van der Waals surface area contributed by atoms with Crippen molar-refractivity contribution in [3.05, 3.63) is 53.0 Å². The van der Waals surface area contributed by atoms with E-state index in [9.17, 15) is 0 Å². The lowest BCUT2D eigenvalue weighted by Crippen LogP contribution is -1.92. The van der Waals surface area contributed by atoms with Crippen LogP contribution < -0.4 is 5.73 Å². The third-order valence-electron chi connectivity index (χ3n) is 3.43. The van der Waals surface area contributed by atoms with Gasteiger partial charge in [-0.15, -0.1) is 11.3 Å². The summed E-state index contributed by atoms with van der Waals surface area (Å²) in [7, 11) is 0. The topological polar surface area (TPSA) is 93.4 Å². The number of imidazole rings is 1. The predicted octanol–water partition coefficient (Wildman–Crippen LogP) is 4.55. The molecule has 0 saturated carbocycles. The highest BCUT2D eigenvalue weighted by Gasteiger charge is 2.20. The maximum atomic E-state index is 6.38. The number of thiazole rings is 1. The zero-order chi connectivity index (χ0) is 17.4. The van der Waals surface area contributed by atoms with Crippen molar-refractivity contribution >= 4 is 40.4 Å². The molecule has 0 fully saturated rings. The number of hydrogen-bond acceptors (Lipinski definition) is 6. The van der Waals surface area contributed by atoms with Crippen LogP contribution in [-0.2, 0) is 0 Å². The highest BCUT2D eigenvalue weighted by atomic mass is 35.5. The fraction of sp³-hybridized carbons (Fsp3) is 0. The monoisotopic (exact) mass is 388 g/mol. The Morgan fingerprint density at radius 3 is 2.68 bits per heavy atom. The number of aromatic nitrogens is 5. The molecule has 0 amide bonds. The van der Waals surface area contributed by atoms with E-state index in [0.29, 0.717) is 38.1 Å². The van der Waals surface area contributed by atoms with E-state index in [-0.39, 0.29) is 0 Å². The van der Waals surface area contributed by atoms with Gasteiger partial charge in [-0.25, -0.2) is 19.9 Å². The Hall–Kier alpha value is -2.48. The fourth-order valence-corrected chi connectivity index (χ4v) is 3.84. The maximum absolute atomic E-state index is 6.38. The van der Waals surface area contributed by atoms with Crippen molar-refractivity contribution in [1.82, 2.24) is 24.9 Å². The Morgan fingerprint density at radius 2 is 1.96 bits per heavy atom. The molecule has 6 nitrogen and oxygen atoms in total. The van der Waals surface area contributed by atoms with Gasteiger partial charge < -0.3 is 10.7 Å². The van der Waals surface area contributed by atoms with E-state index in [1.807, 2.05) is 6.07 Å². The molecule has 0 bridgehead atoms. The zero-order valence-corrected chi connectivity index (χ0v) is 14.9. The Labute approximate surface area is 156 Å². The first kappa shape index (κ1) is 16.0. The average Bonchev–Trinajstić information content (AvgIpc) is 3.24. The van der Waals surface area contributed by atoms with Gasteiger partial charge in [0.25, 0.3) is 0 Å². The van der Waals surface area contributed by atoms with Gasteiger partial charge in [0.1, 0.15) is 28.7 Å². The molecule has 4 rings (SSSR count). The Balaban J connectivity index is 1.93. The van der Waals surface area contributed by atoms with Crippen molar-refractivity contribution in [1.29, 1.82) is 0 Å². The third-order valence-corrected chi connectivity index (χ3v) is 5.07. The first-order chi connectivity index (χ1) is 12.1. The molecule has 0 saturated heterocycles. The summed E-state index contributed by atoms with van der Waals surface area (Å²) in [4.78, 5) is 21.2. The van der Waals surface area contributed by atoms with Crippen molar-refractivity contribution in [2.24, 2.45) is 0 Å². The minimum absolute atomic E-state index is 0.380. The van der Waals surface area contributed by atoms with Gasteiger partial charge in [0.2, 0.25) is 0 Å². The zero-order valence-electron chi connectivity index (χ0n) is 12.6. The summed E-state index contributed by atoms with van der Waals surface area (Å²) < 4.78 is 0. The largest absolute Gasteiger partial charge is 0.384 e. The van der Waals surface area contributed by atoms with Crippen LogP contribution >= 0.6 is 34.5 Å². The van der Waals surface area contributed by atoms with Crippen LogP contribution in [0.5, 0.6) is 0 Å². The summed E-state index contributed by atoms with van der Waals surface area (Å²) in [6.45, 7) is 0. The van der Waals surface area contributed by atoms with E-state index in [4.69, 9.17) is 33.9 Å². The predicted molar refractivity (Wildman–Crippen MR) is 101 cm³/mol. The van der Waals surface area contributed by atoms with Crippen LogP contribution in [0.2, 0.25) is 10.0 Å². The molecule has 0 aliphatic carbocycles. The molecule has 0 atom stereocenters. The second kappa shape index (κ2) is 6.44. The second-order valence-corrected chi connectivity index (χ2v) is 6.93. The molecule has 9 heteroatoms. The Bertz CT molecular complexity index is 1040. The number of halogens is 2. The number of nitrogen functional groups attached to an aromatic ring is 1. The molecule has 3 aromatic heterocycles. The molecule has 0 aliphatic heterocycles. The van der Waals surface area contributed by atoms with Gasteiger partial charge in [-0.1, -0.05) is 23.2 Å². The summed E-state index contributed by atoms with van der Waals surface area (Å²) in [6.07, 6.45) is 4.85. The van der Waals surface area contributed by atoms with E-state index >= 15 is 0 Å². The van der Waals surface area contributed by atoms with Crippen molar-refractivity contribution in [2.75, 3.05) is 5.73 Å². The van der Waals surface area contributed by atoms with E-state index < -0.39 is 0 Å². The lowest BCUT2D eigenvalue weighted by molar-refractivity contribution is 1.17. The van der Waals surface area contributed by atoms with E-state index in [1.165, 1.54) is 17.7 Å². The summed E-state index contributed by atoms with van der Waals surface area (Å²) >= 11 is 13.8. The summed E-state index contributed by atoms with van der Waals surface area (Å²) in [5.41, 5.74) is 7.87. The number of nitrogens with zero attached hydrogens (tertiary/aromatic N) is 4. The van der Waals surface area contributed by atoms with Crippen LogP contribution in [0.15, 0.2) is 43.0 Å². The Morgan fingerprint density at radius 1 is 1.08 bits per heavy atom. The number of aromatic amines is 1. The number of nitrogens with two attached hydrogens (primary N) is 1. The van der Waals surface area contributed by atoms with E-state index in [2.05, 4.69) is 19.9 Å². The van der Waals surface area contributed by atoms with Crippen LogP contribution in [0.1, 0.15) is 0 Å². The molecule has 0 aliphatic rings. The summed E-state index contributed by atoms with van der Waals surface area (Å²) in [5.74, 6) is 1.08. The number of nitrogens with one attached hydrogen (secondary N) is 1. The van der Waals surface area contributed by atoms with Crippen LogP contribution in [0, 0.1) is 0 Å². The van der Waals surface area contributed by atoms with Crippen molar-refractivity contribution in [3.63, 3.8) is 0 Å². The SMILES string of the molecule is Nc1cc(-c2nc(-c3ccc(Cl)cc3Cl)c(-c3ncc[nH]3)s2)ncn1. The summed E-state index contributed by atoms with van der Waals surface area (Å²) in [5, 5.41) is 1.77. The second-order valence-electron chi connectivity index (χ2n) is 5.09. The van der Waals surface area contributed by atoms with Crippen LogP contribution in [0.4, 0.5) is 5.82 Å². The van der Waals surface area contributed by atoms with Crippen molar-refractivity contribution < 1.29 is 0 Å². The van der Waals surface area contributed by atoms with Gasteiger partial charge in [0.15, 0.2) is 0 Å². The summed E-state index contributed by atoms with van der Waals surface area (Å²) in [6, 6.07) is 6.98. The number of H-pyrrole nitrogens is 1. The van der Waals surface area contributed by atoms with Gasteiger partial charge in [-0.3, -0.25) is 0 Å². The van der Waals surface area contributed by atoms with Crippen LogP contribution in [0.3, 0.4) is 0 Å². The molecule has 1 aromatic carbocycles. The first-order valence-electron chi connectivity index (χ1n) is 7.15. The van der Waals surface area contributed by atoms with E-state index in [1.54, 1.807) is 30.6 Å². The minimum Gasteiger partial charge on any atom is -0.384 e. The lowest BCUT2D eigenvalue weighted by Gasteiger charge is -2.03. The molecule has 124 valence electrons. The standard InChI is InChI=1S/C16H10Cl2N6S/c17-8-1-2-9(10(18)5-8)13-14(15-20-3-4-21-15)25-16(24-13)11-6-12(19)23-7-22-11/h1-7H,(H,20,21)(H2,19,22,23). The number of rotatable bonds is 3. The molecule has 0 radical (unpaired) electrons. The van der Waals surface area contributed by atoms with Gasteiger partial charge in [-0.2, -0.15) is 0 Å². The van der Waals surface area contributed by atoms with Gasteiger partial charge in [-0.05, 0) is 18.2 Å². The van der Waals surface area contributed by atoms with Gasteiger partial charge in [0, 0.05) is 29.0 Å². The highest BCUT2D eigenvalue weighted by molar-refractivity contribution is 7.18. The van der Waals surface area contributed by atoms with Crippen molar-refractivity contribution in [3.8, 4) is 32.7 Å². The quantitative estimate of drug-likeness (QED) is 0.536. The maximum Gasteiger partial charge on any atom is 0.149 e. The molecule has 0 unspecified atom stereocenters. The van der Waals surface area contributed by atoms with E-state index in [0.717, 1.165) is 10.4 Å². The first-order valence-corrected chi connectivity index (χ1v) is 8.73. The highest BCUT2D eigenvalue weighted by Crippen LogP contribution is 2.41. The van der Waals surface area contributed by atoms with Crippen LogP contribution in [-0.4, -0.2) is 24.9 Å². The van der Waals surface area contributed by atoms with Gasteiger partial charge >= 0.3 is 0 Å². The van der Waals surface area contributed by atoms with Crippen LogP contribution in [0.25, 0.3) is 32.7 Å². The fourth-order valence-electron chi connectivity index (χ4n) is 2.33. The molecule has 4 aromatic rings. The number of benzene rings is 1. The number of hydrogen-bond donors (Lipinski definition) is 2. The Kier molecular flexibility index (Phi) is 4.12. The van der Waals surface area contributed by atoms with Crippen molar-refractivity contribution in [2.45, 2.75) is 0 Å². The smallest absolute Gasteiger partial charge is 0.149 e. The van der Waals surface area contributed by atoms with Gasteiger partial charge in [0.05, 0.1) is 15.6 Å². The molecule has 25 heavy (non-hydrogen) atoms. The third kappa shape index (κ3) is 3.09. The minimum atomic E-state index is 0.380. The number of anilines is 1. The lowest BCUT2D eigenvalue weighted by atomic mass is 10.1. The molecular weight excluding hydrogens is 379 g/mol. The molecule has 0 spiro atoms. The molecular formula is C16H10Cl2N6S. The average molecular weight is 389 g/mol. The normalized spacial score (nSPS) is 11.0. The molecule has 3 N–H and O–H groups in total. The molecule has 3 heterocycles.